The molecule has 24 heavy (non-hydrogen) atoms. The summed E-state index contributed by atoms with van der Waals surface area (Å²) in [7, 11) is 3.11. The Morgan fingerprint density at radius 3 is 2.92 bits per heavy atom. The van der Waals surface area contributed by atoms with Gasteiger partial charge in [-0.15, -0.1) is 0 Å². The van der Waals surface area contributed by atoms with E-state index in [1.165, 1.54) is 13.2 Å². The Bertz CT molecular complexity index is 789. The summed E-state index contributed by atoms with van der Waals surface area (Å²) in [5.74, 6) is 1.31. The number of hydrazone groups is 1. The predicted molar refractivity (Wildman–Crippen MR) is 94.5 cm³/mol. The van der Waals surface area contributed by atoms with Crippen LogP contribution in [0.25, 0.3) is 0 Å². The van der Waals surface area contributed by atoms with Crippen LogP contribution in [-0.2, 0) is 7.05 Å². The highest BCUT2D eigenvalue weighted by Crippen LogP contribution is 2.27. The van der Waals surface area contributed by atoms with Crippen LogP contribution < -0.4 is 20.5 Å². The molecular formula is C16H19ClN4O3. The summed E-state index contributed by atoms with van der Waals surface area (Å²) in [5, 5.41) is 7.98. The van der Waals surface area contributed by atoms with Crippen molar-refractivity contribution in [2.75, 3.05) is 19.1 Å². The van der Waals surface area contributed by atoms with Crippen molar-refractivity contribution in [3.05, 3.63) is 45.3 Å². The van der Waals surface area contributed by atoms with E-state index in [0.29, 0.717) is 23.8 Å². The third-order valence-electron chi connectivity index (χ3n) is 3.13. The molecule has 1 N–H and O–H groups in total. The van der Waals surface area contributed by atoms with Gasteiger partial charge in [-0.1, -0.05) is 18.5 Å². The summed E-state index contributed by atoms with van der Waals surface area (Å²) in [4.78, 5) is 11.7. The zero-order valence-electron chi connectivity index (χ0n) is 13.7. The summed E-state index contributed by atoms with van der Waals surface area (Å²) in [5.41, 5.74) is 3.45. The molecule has 2 rings (SSSR count). The molecule has 7 nitrogen and oxygen atoms in total. The van der Waals surface area contributed by atoms with Crippen LogP contribution in [0.3, 0.4) is 0 Å². The molecule has 0 saturated carbocycles. The fraction of sp³-hybridized carbons (Fsp3) is 0.312. The number of aryl methyl sites for hydroxylation is 1. The van der Waals surface area contributed by atoms with Gasteiger partial charge < -0.3 is 9.47 Å². The van der Waals surface area contributed by atoms with E-state index in [4.69, 9.17) is 21.1 Å². The van der Waals surface area contributed by atoms with Gasteiger partial charge in [-0.05, 0) is 30.2 Å². The van der Waals surface area contributed by atoms with Crippen LogP contribution in [0.5, 0.6) is 11.5 Å². The van der Waals surface area contributed by atoms with Crippen LogP contribution in [0, 0.1) is 0 Å². The van der Waals surface area contributed by atoms with Gasteiger partial charge in [-0.2, -0.15) is 10.2 Å². The molecule has 0 atom stereocenters. The number of halogens is 1. The second kappa shape index (κ2) is 8.35. The SMILES string of the molecule is CCCOc1ccc(/C=N\Nc2cnn(C)c(=O)c2Cl)cc1OC. The van der Waals surface area contributed by atoms with E-state index in [1.807, 2.05) is 19.1 Å². The number of hydrogen-bond donors (Lipinski definition) is 1. The van der Waals surface area contributed by atoms with Gasteiger partial charge in [0.1, 0.15) is 10.7 Å². The maximum atomic E-state index is 11.7. The predicted octanol–water partition coefficient (Wildman–Crippen LogP) is 2.68. The minimum Gasteiger partial charge on any atom is -0.493 e. The highest BCUT2D eigenvalue weighted by atomic mass is 35.5. The molecule has 0 bridgehead atoms. The third kappa shape index (κ3) is 4.26. The van der Waals surface area contributed by atoms with Crippen LogP contribution >= 0.6 is 11.6 Å². The monoisotopic (exact) mass is 350 g/mol. The Hall–Kier alpha value is -2.54. The molecule has 128 valence electrons. The lowest BCUT2D eigenvalue weighted by atomic mass is 10.2. The van der Waals surface area contributed by atoms with Crippen molar-refractivity contribution in [3.8, 4) is 11.5 Å². The van der Waals surface area contributed by atoms with E-state index in [2.05, 4.69) is 15.6 Å². The third-order valence-corrected chi connectivity index (χ3v) is 3.49. The Kier molecular flexibility index (Phi) is 6.20. The summed E-state index contributed by atoms with van der Waals surface area (Å²) in [6.07, 6.45) is 3.94. The van der Waals surface area contributed by atoms with E-state index in [1.54, 1.807) is 19.4 Å². The first kappa shape index (κ1) is 17.8. The summed E-state index contributed by atoms with van der Waals surface area (Å²) < 4.78 is 12.1. The molecule has 0 spiro atoms. The molecule has 1 aromatic carbocycles. The van der Waals surface area contributed by atoms with Gasteiger partial charge >= 0.3 is 0 Å². The molecule has 1 aromatic heterocycles. The number of methoxy groups -OCH3 is 1. The Labute approximate surface area is 144 Å². The van der Waals surface area contributed by atoms with Crippen molar-refractivity contribution in [2.24, 2.45) is 12.1 Å². The highest BCUT2D eigenvalue weighted by Gasteiger charge is 2.07. The van der Waals surface area contributed by atoms with E-state index in [9.17, 15) is 4.79 Å². The average molecular weight is 351 g/mol. The normalized spacial score (nSPS) is 10.8. The lowest BCUT2D eigenvalue weighted by Crippen LogP contribution is -2.20. The average Bonchev–Trinajstić information content (AvgIpc) is 2.60. The van der Waals surface area contributed by atoms with Crippen molar-refractivity contribution in [1.82, 2.24) is 9.78 Å². The van der Waals surface area contributed by atoms with Gasteiger partial charge in [0.2, 0.25) is 0 Å². The number of benzene rings is 1. The van der Waals surface area contributed by atoms with E-state index in [0.717, 1.165) is 16.7 Å². The summed E-state index contributed by atoms with van der Waals surface area (Å²) in [6.45, 7) is 2.66. The zero-order chi connectivity index (χ0) is 17.5. The first-order valence-electron chi connectivity index (χ1n) is 7.38. The number of anilines is 1. The number of hydrogen-bond acceptors (Lipinski definition) is 6. The molecular weight excluding hydrogens is 332 g/mol. The standard InChI is InChI=1S/C16H19ClN4O3/c1-4-7-24-13-6-5-11(8-14(13)23-3)9-18-20-12-10-19-21(2)16(22)15(12)17/h5-6,8-10,20H,4,7H2,1-3H3/b18-9-. The lowest BCUT2D eigenvalue weighted by molar-refractivity contribution is 0.294. The molecule has 0 aliphatic carbocycles. The minimum absolute atomic E-state index is 0.0329. The van der Waals surface area contributed by atoms with Crippen LogP contribution in [-0.4, -0.2) is 29.7 Å². The molecule has 0 radical (unpaired) electrons. The van der Waals surface area contributed by atoms with Gasteiger partial charge in [0.15, 0.2) is 11.5 Å². The molecule has 8 heteroatoms. The van der Waals surface area contributed by atoms with E-state index < -0.39 is 5.56 Å². The maximum Gasteiger partial charge on any atom is 0.287 e. The fourth-order valence-electron chi connectivity index (χ4n) is 1.86. The first-order valence-corrected chi connectivity index (χ1v) is 7.76. The van der Waals surface area contributed by atoms with Crippen molar-refractivity contribution in [3.63, 3.8) is 0 Å². The van der Waals surface area contributed by atoms with Gasteiger partial charge in [0.05, 0.1) is 26.1 Å². The van der Waals surface area contributed by atoms with Crippen LogP contribution in [0.1, 0.15) is 18.9 Å². The van der Waals surface area contributed by atoms with Gasteiger partial charge in [-0.25, -0.2) is 4.68 Å². The number of aromatic nitrogens is 2. The summed E-state index contributed by atoms with van der Waals surface area (Å²) >= 11 is 5.95. The van der Waals surface area contributed by atoms with Crippen LogP contribution in [0.15, 0.2) is 34.3 Å². The number of rotatable bonds is 7. The van der Waals surface area contributed by atoms with Crippen molar-refractivity contribution < 1.29 is 9.47 Å². The van der Waals surface area contributed by atoms with Crippen LogP contribution in [0.4, 0.5) is 5.69 Å². The Balaban J connectivity index is 2.12. The van der Waals surface area contributed by atoms with Gasteiger partial charge in [-0.3, -0.25) is 10.2 Å². The highest BCUT2D eigenvalue weighted by molar-refractivity contribution is 6.32. The van der Waals surface area contributed by atoms with Crippen molar-refractivity contribution in [2.45, 2.75) is 13.3 Å². The molecule has 2 aromatic rings. The lowest BCUT2D eigenvalue weighted by Gasteiger charge is -2.10. The Morgan fingerprint density at radius 1 is 1.42 bits per heavy atom. The topological polar surface area (TPSA) is 77.7 Å². The summed E-state index contributed by atoms with van der Waals surface area (Å²) in [6, 6.07) is 5.48. The van der Waals surface area contributed by atoms with Crippen LogP contribution in [0.2, 0.25) is 5.02 Å². The molecule has 0 aliphatic heterocycles. The second-order valence-electron chi connectivity index (χ2n) is 4.93. The second-order valence-corrected chi connectivity index (χ2v) is 5.31. The van der Waals surface area contributed by atoms with Crippen molar-refractivity contribution >= 4 is 23.5 Å². The minimum atomic E-state index is -0.393. The molecule has 0 fully saturated rings. The molecule has 0 aliphatic rings. The Morgan fingerprint density at radius 2 is 2.21 bits per heavy atom. The van der Waals surface area contributed by atoms with E-state index >= 15 is 0 Å². The largest absolute Gasteiger partial charge is 0.493 e. The molecule has 0 saturated heterocycles. The van der Waals surface area contributed by atoms with Gasteiger partial charge in [0.25, 0.3) is 5.56 Å². The smallest absolute Gasteiger partial charge is 0.287 e. The maximum absolute atomic E-state index is 11.7. The zero-order valence-corrected chi connectivity index (χ0v) is 14.5. The van der Waals surface area contributed by atoms with Crippen molar-refractivity contribution in [1.29, 1.82) is 0 Å². The van der Waals surface area contributed by atoms with Gasteiger partial charge in [0, 0.05) is 7.05 Å². The first-order chi connectivity index (χ1) is 11.6. The fourth-order valence-corrected chi connectivity index (χ4v) is 2.07. The number of nitrogens with one attached hydrogen (secondary N) is 1. The number of ether oxygens (including phenoxy) is 2. The number of nitrogens with zero attached hydrogens (tertiary/aromatic N) is 3. The van der Waals surface area contributed by atoms with E-state index in [-0.39, 0.29) is 5.02 Å². The molecule has 0 amide bonds. The quantitative estimate of drug-likeness (QED) is 0.613. The molecule has 0 unspecified atom stereocenters. The molecule has 1 heterocycles.